The Kier molecular flexibility index (Phi) is 5.05. The van der Waals surface area contributed by atoms with Crippen LogP contribution in [0.5, 0.6) is 0 Å². The van der Waals surface area contributed by atoms with Crippen molar-refractivity contribution in [2.24, 2.45) is 28.4 Å². The van der Waals surface area contributed by atoms with Crippen molar-refractivity contribution in [1.82, 2.24) is 0 Å². The molecule has 0 aromatic rings. The monoisotopic (exact) mass is 269 g/mol. The molecule has 3 atom stereocenters. The fourth-order valence-corrected chi connectivity index (χ4v) is 2.83. The standard InChI is InChI=1S/C16H31NO2/c1-11-13(17)8-7-12(16(11,5)6)14(18)19-10-9-15(2,3)4/h11-13H,7-10,17H2,1-6H3. The van der Waals surface area contributed by atoms with Crippen molar-refractivity contribution < 1.29 is 9.53 Å². The molecule has 0 radical (unpaired) electrons. The summed E-state index contributed by atoms with van der Waals surface area (Å²) in [6.45, 7) is 13.4. The van der Waals surface area contributed by atoms with Gasteiger partial charge in [0.25, 0.3) is 0 Å². The highest BCUT2D eigenvalue weighted by Crippen LogP contribution is 2.44. The van der Waals surface area contributed by atoms with Crippen LogP contribution in [0.3, 0.4) is 0 Å². The Balaban J connectivity index is 2.57. The second kappa shape index (κ2) is 5.82. The summed E-state index contributed by atoms with van der Waals surface area (Å²) in [5.41, 5.74) is 6.25. The van der Waals surface area contributed by atoms with Crippen LogP contribution in [-0.2, 0) is 9.53 Å². The number of esters is 1. The molecule has 112 valence electrons. The molecule has 1 fully saturated rings. The van der Waals surface area contributed by atoms with Crippen molar-refractivity contribution in [1.29, 1.82) is 0 Å². The van der Waals surface area contributed by atoms with Gasteiger partial charge in [-0.2, -0.15) is 0 Å². The lowest BCUT2D eigenvalue weighted by Crippen LogP contribution is -2.49. The van der Waals surface area contributed by atoms with Crippen LogP contribution in [-0.4, -0.2) is 18.6 Å². The van der Waals surface area contributed by atoms with Crippen LogP contribution >= 0.6 is 0 Å². The third kappa shape index (κ3) is 4.20. The quantitative estimate of drug-likeness (QED) is 0.799. The molecule has 3 nitrogen and oxygen atoms in total. The van der Waals surface area contributed by atoms with Crippen molar-refractivity contribution in [3.63, 3.8) is 0 Å². The zero-order valence-corrected chi connectivity index (χ0v) is 13.5. The molecule has 3 unspecified atom stereocenters. The molecular formula is C16H31NO2. The van der Waals surface area contributed by atoms with Gasteiger partial charge in [-0.3, -0.25) is 4.79 Å². The molecule has 0 heterocycles. The Bertz CT molecular complexity index is 317. The van der Waals surface area contributed by atoms with Gasteiger partial charge in [0.2, 0.25) is 0 Å². The molecule has 1 aliphatic rings. The fraction of sp³-hybridized carbons (Fsp3) is 0.938. The summed E-state index contributed by atoms with van der Waals surface area (Å²) in [6.07, 6.45) is 2.68. The summed E-state index contributed by atoms with van der Waals surface area (Å²) >= 11 is 0. The molecule has 19 heavy (non-hydrogen) atoms. The molecule has 0 aliphatic heterocycles. The summed E-state index contributed by atoms with van der Waals surface area (Å²) in [5, 5.41) is 0. The Morgan fingerprint density at radius 3 is 2.42 bits per heavy atom. The normalized spacial score (nSPS) is 31.0. The van der Waals surface area contributed by atoms with Crippen LogP contribution in [0.1, 0.15) is 60.8 Å². The van der Waals surface area contributed by atoms with Crippen LogP contribution in [0.15, 0.2) is 0 Å². The average molecular weight is 269 g/mol. The van der Waals surface area contributed by atoms with E-state index < -0.39 is 0 Å². The van der Waals surface area contributed by atoms with Gasteiger partial charge < -0.3 is 10.5 Å². The summed E-state index contributed by atoms with van der Waals surface area (Å²) in [5.74, 6) is 0.302. The van der Waals surface area contributed by atoms with Crippen molar-refractivity contribution in [2.75, 3.05) is 6.61 Å². The highest BCUT2D eigenvalue weighted by molar-refractivity contribution is 5.73. The third-order valence-corrected chi connectivity index (χ3v) is 4.88. The van der Waals surface area contributed by atoms with Gasteiger partial charge in [-0.05, 0) is 36.0 Å². The molecule has 0 saturated heterocycles. The number of ether oxygens (including phenoxy) is 1. The molecular weight excluding hydrogens is 238 g/mol. The van der Waals surface area contributed by atoms with Crippen molar-refractivity contribution >= 4 is 5.97 Å². The first kappa shape index (κ1) is 16.5. The Hall–Kier alpha value is -0.570. The first-order valence-electron chi connectivity index (χ1n) is 7.48. The van der Waals surface area contributed by atoms with E-state index in [0.717, 1.165) is 19.3 Å². The Morgan fingerprint density at radius 1 is 1.32 bits per heavy atom. The van der Waals surface area contributed by atoms with E-state index in [-0.39, 0.29) is 28.8 Å². The predicted molar refractivity (Wildman–Crippen MR) is 78.7 cm³/mol. The van der Waals surface area contributed by atoms with Gasteiger partial charge >= 0.3 is 5.97 Å². The van der Waals surface area contributed by atoms with Crippen molar-refractivity contribution in [3.8, 4) is 0 Å². The SMILES string of the molecule is CC1C(N)CCC(C(=O)OCCC(C)(C)C)C1(C)C. The molecule has 0 bridgehead atoms. The number of hydrogen-bond acceptors (Lipinski definition) is 3. The summed E-state index contributed by atoms with van der Waals surface area (Å²) in [4.78, 5) is 12.3. The van der Waals surface area contributed by atoms with E-state index in [1.54, 1.807) is 0 Å². The lowest BCUT2D eigenvalue weighted by molar-refractivity contribution is -0.157. The first-order valence-corrected chi connectivity index (χ1v) is 7.48. The van der Waals surface area contributed by atoms with Gasteiger partial charge in [-0.25, -0.2) is 0 Å². The van der Waals surface area contributed by atoms with Crippen molar-refractivity contribution in [2.45, 2.75) is 66.8 Å². The van der Waals surface area contributed by atoms with E-state index in [4.69, 9.17) is 10.5 Å². The maximum Gasteiger partial charge on any atom is 0.309 e. The van der Waals surface area contributed by atoms with Crippen LogP contribution < -0.4 is 5.73 Å². The molecule has 3 heteroatoms. The summed E-state index contributed by atoms with van der Waals surface area (Å²) in [7, 11) is 0. The lowest BCUT2D eigenvalue weighted by atomic mass is 9.61. The van der Waals surface area contributed by atoms with Gasteiger partial charge in [-0.15, -0.1) is 0 Å². The molecule has 1 saturated carbocycles. The second-order valence-corrected chi connectivity index (χ2v) is 7.88. The maximum atomic E-state index is 12.3. The molecule has 2 N–H and O–H groups in total. The number of rotatable bonds is 3. The van der Waals surface area contributed by atoms with E-state index in [1.165, 1.54) is 0 Å². The maximum absolute atomic E-state index is 12.3. The van der Waals surface area contributed by atoms with Crippen LogP contribution in [0.4, 0.5) is 0 Å². The van der Waals surface area contributed by atoms with Gasteiger partial charge in [0.05, 0.1) is 12.5 Å². The van der Waals surface area contributed by atoms with Crippen LogP contribution in [0, 0.1) is 22.7 Å². The molecule has 0 aromatic carbocycles. The fourth-order valence-electron chi connectivity index (χ4n) is 2.83. The van der Waals surface area contributed by atoms with E-state index in [2.05, 4.69) is 41.5 Å². The molecule has 1 rings (SSSR count). The molecule has 1 aliphatic carbocycles. The minimum atomic E-state index is -0.0729. The Labute approximate surface area is 118 Å². The second-order valence-electron chi connectivity index (χ2n) is 7.88. The van der Waals surface area contributed by atoms with Gasteiger partial charge in [0.1, 0.15) is 0 Å². The highest BCUT2D eigenvalue weighted by atomic mass is 16.5. The van der Waals surface area contributed by atoms with E-state index in [9.17, 15) is 4.79 Å². The number of carbonyl (C=O) groups is 1. The van der Waals surface area contributed by atoms with Gasteiger partial charge in [0, 0.05) is 6.04 Å². The number of hydrogen-bond donors (Lipinski definition) is 1. The van der Waals surface area contributed by atoms with E-state index in [1.807, 2.05) is 0 Å². The lowest BCUT2D eigenvalue weighted by Gasteiger charge is -2.45. The van der Waals surface area contributed by atoms with E-state index >= 15 is 0 Å². The zero-order valence-electron chi connectivity index (χ0n) is 13.5. The minimum absolute atomic E-state index is 0.0118. The molecule has 0 amide bonds. The Morgan fingerprint density at radius 2 is 1.89 bits per heavy atom. The average Bonchev–Trinajstić information content (AvgIpc) is 2.24. The predicted octanol–water partition coefficient (Wildman–Crippen LogP) is 3.37. The van der Waals surface area contributed by atoms with Crippen LogP contribution in [0.2, 0.25) is 0 Å². The number of nitrogens with two attached hydrogens (primary N) is 1. The van der Waals surface area contributed by atoms with Gasteiger partial charge in [0.15, 0.2) is 0 Å². The summed E-state index contributed by atoms with van der Waals surface area (Å²) in [6, 6.07) is 0.202. The van der Waals surface area contributed by atoms with Gasteiger partial charge in [-0.1, -0.05) is 41.5 Å². The van der Waals surface area contributed by atoms with Crippen LogP contribution in [0.25, 0.3) is 0 Å². The largest absolute Gasteiger partial charge is 0.465 e. The summed E-state index contributed by atoms with van der Waals surface area (Å²) < 4.78 is 5.50. The van der Waals surface area contributed by atoms with E-state index in [0.29, 0.717) is 12.5 Å². The molecule has 0 spiro atoms. The topological polar surface area (TPSA) is 52.3 Å². The smallest absolute Gasteiger partial charge is 0.309 e. The van der Waals surface area contributed by atoms with Crippen molar-refractivity contribution in [3.05, 3.63) is 0 Å². The zero-order chi connectivity index (χ0) is 14.8. The highest BCUT2D eigenvalue weighted by Gasteiger charge is 2.45. The minimum Gasteiger partial charge on any atom is -0.465 e. The third-order valence-electron chi connectivity index (χ3n) is 4.88. The molecule has 0 aromatic heterocycles. The first-order chi connectivity index (χ1) is 8.55. The number of carbonyl (C=O) groups excluding carboxylic acids is 1.